The highest BCUT2D eigenvalue weighted by atomic mass is 16.1. The zero-order chi connectivity index (χ0) is 19.8. The van der Waals surface area contributed by atoms with Crippen molar-refractivity contribution in [3.8, 4) is 0 Å². The standard InChI is InChI=1S/C26H30N2O/c1-25-13-11-19(29)15-18(25)7-8-20-21-9-10-24(26(21,2)14-12-22(20)25)28-16-17-5-3-4-6-23(17)27-28/h3-6,10,15-16,20-22H,7-9,11-14H2,1-2H3/t20-,21-,22-,25-,26-/m0/s1. The van der Waals surface area contributed by atoms with E-state index in [1.54, 1.807) is 0 Å². The van der Waals surface area contributed by atoms with Crippen molar-refractivity contribution >= 4 is 22.4 Å². The largest absolute Gasteiger partial charge is 0.295 e. The number of ketones is 1. The lowest BCUT2D eigenvalue weighted by Gasteiger charge is -2.57. The second-order valence-electron chi connectivity index (χ2n) is 10.4. The zero-order valence-corrected chi connectivity index (χ0v) is 17.5. The Morgan fingerprint density at radius 2 is 1.90 bits per heavy atom. The van der Waals surface area contributed by atoms with E-state index in [9.17, 15) is 4.79 Å². The van der Waals surface area contributed by atoms with Crippen molar-refractivity contribution in [1.29, 1.82) is 0 Å². The molecule has 3 nitrogen and oxygen atoms in total. The number of nitrogens with zero attached hydrogens (tertiary/aromatic N) is 2. The molecule has 0 amide bonds. The van der Waals surface area contributed by atoms with E-state index in [1.165, 1.54) is 42.3 Å². The summed E-state index contributed by atoms with van der Waals surface area (Å²) in [5.74, 6) is 2.56. The van der Waals surface area contributed by atoms with Gasteiger partial charge in [0.2, 0.25) is 0 Å². The van der Waals surface area contributed by atoms with Gasteiger partial charge in [-0.1, -0.05) is 43.7 Å². The van der Waals surface area contributed by atoms with E-state index in [1.807, 2.05) is 6.08 Å². The summed E-state index contributed by atoms with van der Waals surface area (Å²) in [7, 11) is 0. The lowest BCUT2D eigenvalue weighted by molar-refractivity contribution is -0.117. The molecular formula is C26H30N2O. The van der Waals surface area contributed by atoms with Crippen LogP contribution in [0.1, 0.15) is 58.8 Å². The van der Waals surface area contributed by atoms with Crippen LogP contribution >= 0.6 is 0 Å². The number of rotatable bonds is 1. The van der Waals surface area contributed by atoms with E-state index in [0.29, 0.717) is 11.7 Å². The van der Waals surface area contributed by atoms with Crippen molar-refractivity contribution in [2.45, 2.75) is 58.8 Å². The Balaban J connectivity index is 1.35. The number of fused-ring (bicyclic) bond motifs is 6. The van der Waals surface area contributed by atoms with Crippen molar-refractivity contribution in [3.05, 3.63) is 48.2 Å². The zero-order valence-electron chi connectivity index (χ0n) is 17.5. The average molecular weight is 387 g/mol. The Labute approximate surface area is 172 Å². The summed E-state index contributed by atoms with van der Waals surface area (Å²) in [6.07, 6.45) is 14.6. The third-order valence-corrected chi connectivity index (χ3v) is 9.16. The predicted octanol–water partition coefficient (Wildman–Crippen LogP) is 6.02. The van der Waals surface area contributed by atoms with Gasteiger partial charge in [0.15, 0.2) is 5.78 Å². The molecule has 4 aliphatic rings. The second kappa shape index (κ2) is 5.93. The van der Waals surface area contributed by atoms with E-state index in [2.05, 4.69) is 55.1 Å². The highest BCUT2D eigenvalue weighted by Gasteiger charge is 2.57. The summed E-state index contributed by atoms with van der Waals surface area (Å²) >= 11 is 0. The van der Waals surface area contributed by atoms with Crippen molar-refractivity contribution in [2.24, 2.45) is 28.6 Å². The minimum atomic E-state index is 0.214. The fourth-order valence-electron chi connectivity index (χ4n) is 7.55. The number of carbonyl (C=O) groups is 1. The van der Waals surface area contributed by atoms with Gasteiger partial charge in [0.1, 0.15) is 0 Å². The van der Waals surface area contributed by atoms with Crippen LogP contribution in [0.3, 0.4) is 0 Å². The van der Waals surface area contributed by atoms with Crippen LogP contribution in [0.5, 0.6) is 0 Å². The van der Waals surface area contributed by atoms with E-state index < -0.39 is 0 Å². The maximum absolute atomic E-state index is 12.0. The Kier molecular flexibility index (Phi) is 3.62. The van der Waals surface area contributed by atoms with Crippen molar-refractivity contribution in [3.63, 3.8) is 0 Å². The van der Waals surface area contributed by atoms with Gasteiger partial charge < -0.3 is 0 Å². The van der Waals surface area contributed by atoms with Crippen LogP contribution in [0, 0.1) is 28.6 Å². The van der Waals surface area contributed by atoms with Crippen molar-refractivity contribution in [2.75, 3.05) is 0 Å². The quantitative estimate of drug-likeness (QED) is 0.601. The van der Waals surface area contributed by atoms with Crippen LogP contribution in [0.4, 0.5) is 0 Å². The number of hydrogen-bond acceptors (Lipinski definition) is 2. The van der Waals surface area contributed by atoms with E-state index >= 15 is 0 Å². The monoisotopic (exact) mass is 386 g/mol. The molecule has 0 unspecified atom stereocenters. The number of benzene rings is 1. The smallest absolute Gasteiger partial charge is 0.155 e. The summed E-state index contributed by atoms with van der Waals surface area (Å²) in [5.41, 5.74) is 4.43. The summed E-state index contributed by atoms with van der Waals surface area (Å²) in [6.45, 7) is 4.96. The third-order valence-electron chi connectivity index (χ3n) is 9.16. The van der Waals surface area contributed by atoms with Crippen LogP contribution in [0.2, 0.25) is 0 Å². The fraction of sp³-hybridized carbons (Fsp3) is 0.538. The van der Waals surface area contributed by atoms with E-state index in [0.717, 1.165) is 36.6 Å². The summed E-state index contributed by atoms with van der Waals surface area (Å²) in [6, 6.07) is 8.43. The summed E-state index contributed by atoms with van der Waals surface area (Å²) < 4.78 is 2.18. The van der Waals surface area contributed by atoms with Gasteiger partial charge in [0.05, 0.1) is 5.52 Å². The predicted molar refractivity (Wildman–Crippen MR) is 116 cm³/mol. The Bertz CT molecular complexity index is 1040. The Morgan fingerprint density at radius 1 is 1.03 bits per heavy atom. The van der Waals surface area contributed by atoms with Crippen molar-refractivity contribution < 1.29 is 4.79 Å². The first-order chi connectivity index (χ1) is 14.0. The molecule has 1 heterocycles. The van der Waals surface area contributed by atoms with Crippen LogP contribution in [0.15, 0.2) is 48.2 Å². The van der Waals surface area contributed by atoms with Crippen LogP contribution in [0.25, 0.3) is 16.6 Å². The molecule has 0 N–H and O–H groups in total. The SMILES string of the molecule is C[C@]12CCC(=O)C=C1CC[C@@H]1[C@@H]2CC[C@]2(C)C(n3cc4ccccc4n3)=CC[C@@H]12. The first-order valence-electron chi connectivity index (χ1n) is 11.4. The van der Waals surface area contributed by atoms with Crippen molar-refractivity contribution in [1.82, 2.24) is 9.78 Å². The van der Waals surface area contributed by atoms with Crippen LogP contribution < -0.4 is 0 Å². The highest BCUT2D eigenvalue weighted by molar-refractivity contribution is 5.91. The number of allylic oxidation sites excluding steroid dienone is 4. The molecule has 6 rings (SSSR count). The maximum atomic E-state index is 12.0. The van der Waals surface area contributed by atoms with Gasteiger partial charge in [-0.05, 0) is 73.8 Å². The van der Waals surface area contributed by atoms with Gasteiger partial charge in [-0.3, -0.25) is 4.79 Å². The van der Waals surface area contributed by atoms with Gasteiger partial charge in [-0.25, -0.2) is 4.68 Å². The minimum absolute atomic E-state index is 0.214. The van der Waals surface area contributed by atoms with E-state index in [4.69, 9.17) is 5.10 Å². The normalized spacial score (nSPS) is 38.8. The molecule has 4 aliphatic carbocycles. The molecule has 0 radical (unpaired) electrons. The van der Waals surface area contributed by atoms with Crippen LogP contribution in [-0.4, -0.2) is 15.6 Å². The molecule has 1 aromatic carbocycles. The summed E-state index contributed by atoms with van der Waals surface area (Å²) in [5, 5.41) is 6.15. The van der Waals surface area contributed by atoms with Crippen LogP contribution in [-0.2, 0) is 4.79 Å². The fourth-order valence-corrected chi connectivity index (χ4v) is 7.55. The van der Waals surface area contributed by atoms with E-state index in [-0.39, 0.29) is 10.8 Å². The Morgan fingerprint density at radius 3 is 2.76 bits per heavy atom. The lowest BCUT2D eigenvalue weighted by atomic mass is 9.47. The van der Waals surface area contributed by atoms with Gasteiger partial charge in [0, 0.05) is 29.1 Å². The summed E-state index contributed by atoms with van der Waals surface area (Å²) in [4.78, 5) is 12.0. The molecule has 1 aromatic heterocycles. The topological polar surface area (TPSA) is 34.9 Å². The number of aromatic nitrogens is 2. The molecule has 150 valence electrons. The molecule has 0 saturated heterocycles. The van der Waals surface area contributed by atoms with Gasteiger partial charge >= 0.3 is 0 Å². The second-order valence-corrected chi connectivity index (χ2v) is 10.4. The van der Waals surface area contributed by atoms with Gasteiger partial charge in [-0.2, -0.15) is 5.10 Å². The maximum Gasteiger partial charge on any atom is 0.155 e. The lowest BCUT2D eigenvalue weighted by Crippen LogP contribution is -2.50. The molecule has 2 saturated carbocycles. The average Bonchev–Trinajstić information content (AvgIpc) is 3.28. The number of carbonyl (C=O) groups excluding carboxylic acids is 1. The highest BCUT2D eigenvalue weighted by Crippen LogP contribution is 2.65. The molecule has 29 heavy (non-hydrogen) atoms. The Hall–Kier alpha value is -2.16. The molecule has 0 spiro atoms. The first kappa shape index (κ1) is 17.7. The molecule has 2 aromatic rings. The third kappa shape index (κ3) is 2.36. The molecule has 3 heteroatoms. The number of hydrogen-bond donors (Lipinski definition) is 0. The molecule has 0 bridgehead atoms. The molecule has 2 fully saturated rings. The molecular weight excluding hydrogens is 356 g/mol. The minimum Gasteiger partial charge on any atom is -0.295 e. The molecule has 0 aliphatic heterocycles. The van der Waals surface area contributed by atoms with Gasteiger partial charge in [0.25, 0.3) is 0 Å². The van der Waals surface area contributed by atoms with Gasteiger partial charge in [-0.15, -0.1) is 0 Å². The molecule has 5 atom stereocenters. The first-order valence-corrected chi connectivity index (χ1v) is 11.4.